The Labute approximate surface area is 134 Å². The monoisotopic (exact) mass is 332 g/mol. The van der Waals surface area contributed by atoms with Gasteiger partial charge in [0, 0.05) is 11.1 Å². The zero-order chi connectivity index (χ0) is 17.0. The summed E-state index contributed by atoms with van der Waals surface area (Å²) in [6.07, 6.45) is 0. The van der Waals surface area contributed by atoms with Crippen LogP contribution >= 0.6 is 0 Å². The molecule has 0 aromatic heterocycles. The Morgan fingerprint density at radius 2 is 1.57 bits per heavy atom. The van der Waals surface area contributed by atoms with Crippen LogP contribution < -0.4 is 10.3 Å². The summed E-state index contributed by atoms with van der Waals surface area (Å²) in [5, 5.41) is 0. The summed E-state index contributed by atoms with van der Waals surface area (Å²) in [4.78, 5) is 25.2. The van der Waals surface area contributed by atoms with E-state index in [1.807, 2.05) is 4.83 Å². The number of carbonyl (C=O) groups excluding carboxylic acids is 2. The lowest BCUT2D eigenvalue weighted by Gasteiger charge is -2.10. The van der Waals surface area contributed by atoms with Crippen molar-refractivity contribution >= 4 is 21.7 Å². The van der Waals surface area contributed by atoms with Gasteiger partial charge in [-0.05, 0) is 37.6 Å². The van der Waals surface area contributed by atoms with Gasteiger partial charge in [0.05, 0.1) is 4.90 Å². The van der Waals surface area contributed by atoms with Crippen molar-refractivity contribution in [3.63, 3.8) is 0 Å². The first-order chi connectivity index (χ1) is 10.8. The highest BCUT2D eigenvalue weighted by Crippen LogP contribution is 2.11. The quantitative estimate of drug-likeness (QED) is 0.645. The largest absolute Gasteiger partial charge is 0.295 e. The zero-order valence-electron chi connectivity index (χ0n) is 12.7. The van der Waals surface area contributed by atoms with Crippen LogP contribution in [0, 0.1) is 6.92 Å². The predicted octanol–water partition coefficient (Wildman–Crippen LogP) is 1.82. The van der Waals surface area contributed by atoms with Crippen molar-refractivity contribution in [1.29, 1.82) is 0 Å². The number of rotatable bonds is 5. The standard InChI is InChI=1S/C16H16N2O4S/c1-11-5-3-4-6-15(11)16(20)17-18-23(21,22)14-9-7-13(8-10-14)12(2)19/h3-10,18H,1-2H3,(H,17,20). The van der Waals surface area contributed by atoms with Crippen LogP contribution in [0.25, 0.3) is 0 Å². The summed E-state index contributed by atoms with van der Waals surface area (Å²) in [5.74, 6) is -0.707. The lowest BCUT2D eigenvalue weighted by atomic mass is 10.1. The smallest absolute Gasteiger partial charge is 0.266 e. The van der Waals surface area contributed by atoms with Crippen LogP contribution in [-0.4, -0.2) is 20.1 Å². The van der Waals surface area contributed by atoms with Gasteiger partial charge >= 0.3 is 0 Å². The summed E-state index contributed by atoms with van der Waals surface area (Å²) in [6, 6.07) is 12.3. The number of amides is 1. The molecule has 0 atom stereocenters. The van der Waals surface area contributed by atoms with Crippen molar-refractivity contribution < 1.29 is 18.0 Å². The van der Waals surface area contributed by atoms with Gasteiger partial charge in [0.2, 0.25) is 0 Å². The van der Waals surface area contributed by atoms with Gasteiger partial charge in [-0.25, -0.2) is 8.42 Å². The summed E-state index contributed by atoms with van der Waals surface area (Å²) >= 11 is 0. The molecule has 1 amide bonds. The molecule has 2 aromatic rings. The summed E-state index contributed by atoms with van der Waals surface area (Å²) in [7, 11) is -3.91. The van der Waals surface area contributed by atoms with Crippen LogP contribution in [0.15, 0.2) is 53.4 Å². The Balaban J connectivity index is 2.11. The first-order valence-electron chi connectivity index (χ1n) is 6.80. The second-order valence-corrected chi connectivity index (χ2v) is 6.64. The molecular formula is C16H16N2O4S. The van der Waals surface area contributed by atoms with Crippen molar-refractivity contribution in [2.45, 2.75) is 18.7 Å². The molecular weight excluding hydrogens is 316 g/mol. The molecule has 0 heterocycles. The lowest BCUT2D eigenvalue weighted by molar-refractivity contribution is 0.0943. The highest BCUT2D eigenvalue weighted by Gasteiger charge is 2.16. The maximum atomic E-state index is 12.1. The number of hydrogen-bond donors (Lipinski definition) is 2. The van der Waals surface area contributed by atoms with E-state index in [9.17, 15) is 18.0 Å². The SMILES string of the molecule is CC(=O)c1ccc(S(=O)(=O)NNC(=O)c2ccccc2C)cc1. The van der Waals surface area contributed by atoms with E-state index in [-0.39, 0.29) is 10.7 Å². The summed E-state index contributed by atoms with van der Waals surface area (Å²) in [6.45, 7) is 3.15. The van der Waals surface area contributed by atoms with E-state index in [1.54, 1.807) is 31.2 Å². The highest BCUT2D eigenvalue weighted by atomic mass is 32.2. The van der Waals surface area contributed by atoms with Gasteiger partial charge in [-0.3, -0.25) is 15.0 Å². The number of aryl methyl sites for hydroxylation is 1. The maximum absolute atomic E-state index is 12.1. The molecule has 0 aliphatic heterocycles. The first-order valence-corrected chi connectivity index (χ1v) is 8.28. The van der Waals surface area contributed by atoms with Gasteiger partial charge in [-0.1, -0.05) is 30.3 Å². The van der Waals surface area contributed by atoms with Crippen molar-refractivity contribution in [3.8, 4) is 0 Å². The van der Waals surface area contributed by atoms with E-state index < -0.39 is 15.9 Å². The molecule has 6 nitrogen and oxygen atoms in total. The fourth-order valence-corrected chi connectivity index (χ4v) is 2.78. The van der Waals surface area contributed by atoms with Crippen molar-refractivity contribution in [2.75, 3.05) is 0 Å². The van der Waals surface area contributed by atoms with Crippen LogP contribution in [-0.2, 0) is 10.0 Å². The lowest BCUT2D eigenvalue weighted by Crippen LogP contribution is -2.41. The highest BCUT2D eigenvalue weighted by molar-refractivity contribution is 7.89. The number of Topliss-reactive ketones (excluding diaryl/α,β-unsaturated/α-hetero) is 1. The number of carbonyl (C=O) groups is 2. The Morgan fingerprint density at radius 3 is 2.13 bits per heavy atom. The van der Waals surface area contributed by atoms with E-state index >= 15 is 0 Å². The number of hydrogen-bond acceptors (Lipinski definition) is 4. The van der Waals surface area contributed by atoms with Crippen molar-refractivity contribution in [3.05, 3.63) is 65.2 Å². The number of hydrazine groups is 1. The molecule has 0 aliphatic rings. The van der Waals surface area contributed by atoms with Gasteiger partial charge in [0.25, 0.3) is 15.9 Å². The van der Waals surface area contributed by atoms with Crippen LogP contribution in [0.3, 0.4) is 0 Å². The van der Waals surface area contributed by atoms with Crippen molar-refractivity contribution in [2.24, 2.45) is 0 Å². The maximum Gasteiger partial charge on any atom is 0.266 e. The van der Waals surface area contributed by atoms with Crippen LogP contribution in [0.4, 0.5) is 0 Å². The van der Waals surface area contributed by atoms with Crippen LogP contribution in [0.2, 0.25) is 0 Å². The van der Waals surface area contributed by atoms with Gasteiger partial charge in [-0.2, -0.15) is 0 Å². The Morgan fingerprint density at radius 1 is 0.957 bits per heavy atom. The predicted molar refractivity (Wildman–Crippen MR) is 85.4 cm³/mol. The summed E-state index contributed by atoms with van der Waals surface area (Å²) in [5.41, 5.74) is 3.69. The molecule has 23 heavy (non-hydrogen) atoms. The average molecular weight is 332 g/mol. The molecule has 7 heteroatoms. The third-order valence-corrected chi connectivity index (χ3v) is 4.52. The molecule has 0 radical (unpaired) electrons. The molecule has 0 saturated heterocycles. The van der Waals surface area contributed by atoms with E-state index in [1.165, 1.54) is 31.2 Å². The second-order valence-electron chi connectivity index (χ2n) is 4.96. The molecule has 0 unspecified atom stereocenters. The van der Waals surface area contributed by atoms with E-state index in [2.05, 4.69) is 5.43 Å². The Hall–Kier alpha value is -2.51. The van der Waals surface area contributed by atoms with E-state index in [0.717, 1.165) is 5.56 Å². The van der Waals surface area contributed by atoms with Crippen LogP contribution in [0.5, 0.6) is 0 Å². The molecule has 2 aromatic carbocycles. The summed E-state index contributed by atoms with van der Waals surface area (Å²) < 4.78 is 24.2. The number of nitrogens with one attached hydrogen (secondary N) is 2. The molecule has 0 bridgehead atoms. The number of benzene rings is 2. The normalized spacial score (nSPS) is 11.0. The van der Waals surface area contributed by atoms with E-state index in [0.29, 0.717) is 11.1 Å². The minimum Gasteiger partial charge on any atom is -0.295 e. The van der Waals surface area contributed by atoms with E-state index in [4.69, 9.17) is 0 Å². The molecule has 120 valence electrons. The molecule has 0 aliphatic carbocycles. The zero-order valence-corrected chi connectivity index (χ0v) is 13.5. The average Bonchev–Trinajstić information content (AvgIpc) is 2.53. The van der Waals surface area contributed by atoms with Gasteiger partial charge in [0.15, 0.2) is 5.78 Å². The minimum atomic E-state index is -3.91. The molecule has 0 spiro atoms. The molecule has 0 fully saturated rings. The van der Waals surface area contributed by atoms with Gasteiger partial charge in [0.1, 0.15) is 0 Å². The second kappa shape index (κ2) is 6.72. The topological polar surface area (TPSA) is 92.3 Å². The fourth-order valence-electron chi connectivity index (χ4n) is 1.94. The molecule has 0 saturated carbocycles. The third kappa shape index (κ3) is 4.02. The third-order valence-electron chi connectivity index (χ3n) is 3.26. The molecule has 2 N–H and O–H groups in total. The van der Waals surface area contributed by atoms with Crippen LogP contribution in [0.1, 0.15) is 33.2 Å². The van der Waals surface area contributed by atoms with Gasteiger partial charge in [-0.15, -0.1) is 4.83 Å². The molecule has 2 rings (SSSR count). The first kappa shape index (κ1) is 16.9. The Bertz CT molecular complexity index is 843. The Kier molecular flexibility index (Phi) is 4.92. The minimum absolute atomic E-state index is 0.0485. The number of ketones is 1. The van der Waals surface area contributed by atoms with Gasteiger partial charge < -0.3 is 0 Å². The number of sulfonamides is 1. The fraction of sp³-hybridized carbons (Fsp3) is 0.125. The van der Waals surface area contributed by atoms with Crippen molar-refractivity contribution in [1.82, 2.24) is 10.3 Å².